The van der Waals surface area contributed by atoms with Crippen LogP contribution >= 0.6 is 0 Å². The molecule has 0 fully saturated rings. The van der Waals surface area contributed by atoms with E-state index in [2.05, 4.69) is 259 Å². The van der Waals surface area contributed by atoms with E-state index in [1.54, 1.807) is 0 Å². The molecule has 0 saturated heterocycles. The standard InChI is InChI=1S/C61H45N3/c1-61(2)57-37-45(29-34-52(57)53-35-33-50(40-58(53)61)63(46-20-8-4-9-21-46)47-22-10-5-11-23-47)55-38-51(39-56-54-24-14-15-25-59(54)62-60(55)56)64(49-32-28-42-18-12-13-19-44(42)36-49)48-30-26-43(27-31-48)41-16-6-3-7-17-41/h3-40,62H,1-2H3. The maximum Gasteiger partial charge on any atom is 0.0546 e. The number of fused-ring (bicyclic) bond motifs is 7. The van der Waals surface area contributed by atoms with Gasteiger partial charge in [-0.05, 0) is 135 Å². The molecule has 3 nitrogen and oxygen atoms in total. The summed E-state index contributed by atoms with van der Waals surface area (Å²) in [5, 5.41) is 4.84. The molecule has 0 bridgehead atoms. The predicted molar refractivity (Wildman–Crippen MR) is 271 cm³/mol. The van der Waals surface area contributed by atoms with Crippen molar-refractivity contribution >= 4 is 66.7 Å². The van der Waals surface area contributed by atoms with E-state index in [1.807, 2.05) is 0 Å². The van der Waals surface area contributed by atoms with Crippen molar-refractivity contribution in [3.8, 4) is 33.4 Å². The number of nitrogens with one attached hydrogen (secondary N) is 1. The molecule has 0 radical (unpaired) electrons. The second-order valence-electron chi connectivity index (χ2n) is 17.5. The lowest BCUT2D eigenvalue weighted by Crippen LogP contribution is -2.16. The molecule has 64 heavy (non-hydrogen) atoms. The van der Waals surface area contributed by atoms with Crippen LogP contribution in [-0.4, -0.2) is 4.98 Å². The highest BCUT2D eigenvalue weighted by Gasteiger charge is 2.36. The van der Waals surface area contributed by atoms with Crippen LogP contribution < -0.4 is 9.80 Å². The molecule has 1 aromatic heterocycles. The van der Waals surface area contributed by atoms with Gasteiger partial charge in [0.2, 0.25) is 0 Å². The van der Waals surface area contributed by atoms with Gasteiger partial charge in [-0.15, -0.1) is 0 Å². The highest BCUT2D eigenvalue weighted by molar-refractivity contribution is 6.14. The van der Waals surface area contributed by atoms with E-state index in [4.69, 9.17) is 0 Å². The molecule has 0 saturated carbocycles. The van der Waals surface area contributed by atoms with Crippen molar-refractivity contribution in [1.82, 2.24) is 4.98 Å². The molecule has 1 aliphatic carbocycles. The molecule has 0 aliphatic heterocycles. The normalized spacial score (nSPS) is 12.7. The maximum absolute atomic E-state index is 3.87. The first-order chi connectivity index (χ1) is 31.5. The van der Waals surface area contributed by atoms with Gasteiger partial charge in [0.15, 0.2) is 0 Å². The molecule has 0 atom stereocenters. The van der Waals surface area contributed by atoms with Crippen molar-refractivity contribution < 1.29 is 0 Å². The Bertz CT molecular complexity index is 3470. The number of aromatic amines is 1. The molecule has 1 aliphatic rings. The van der Waals surface area contributed by atoms with Gasteiger partial charge in [-0.2, -0.15) is 0 Å². The summed E-state index contributed by atoms with van der Waals surface area (Å²) in [6.07, 6.45) is 0. The molecule has 304 valence electrons. The van der Waals surface area contributed by atoms with E-state index in [1.165, 1.54) is 66.1 Å². The smallest absolute Gasteiger partial charge is 0.0546 e. The largest absolute Gasteiger partial charge is 0.354 e. The lowest BCUT2D eigenvalue weighted by atomic mass is 9.81. The molecular formula is C61H45N3. The van der Waals surface area contributed by atoms with Gasteiger partial charge in [0, 0.05) is 61.4 Å². The molecule has 1 heterocycles. The van der Waals surface area contributed by atoms with Crippen LogP contribution in [0.5, 0.6) is 0 Å². The molecule has 1 N–H and O–H groups in total. The number of nitrogens with zero attached hydrogens (tertiary/aromatic N) is 2. The van der Waals surface area contributed by atoms with Crippen molar-refractivity contribution in [2.45, 2.75) is 19.3 Å². The van der Waals surface area contributed by atoms with E-state index in [-0.39, 0.29) is 5.41 Å². The number of benzene rings is 10. The number of hydrogen-bond donors (Lipinski definition) is 1. The van der Waals surface area contributed by atoms with Crippen LogP contribution in [-0.2, 0) is 5.41 Å². The van der Waals surface area contributed by atoms with Gasteiger partial charge in [-0.25, -0.2) is 0 Å². The number of hydrogen-bond acceptors (Lipinski definition) is 2. The minimum absolute atomic E-state index is 0.245. The molecule has 0 amide bonds. The monoisotopic (exact) mass is 819 g/mol. The van der Waals surface area contributed by atoms with Gasteiger partial charge < -0.3 is 14.8 Å². The fraction of sp³-hybridized carbons (Fsp3) is 0.0492. The summed E-state index contributed by atoms with van der Waals surface area (Å²) in [6, 6.07) is 84.1. The maximum atomic E-state index is 3.87. The van der Waals surface area contributed by atoms with E-state index < -0.39 is 0 Å². The average Bonchev–Trinajstić information content (AvgIpc) is 3.83. The molecule has 12 rings (SSSR count). The van der Waals surface area contributed by atoms with E-state index in [9.17, 15) is 0 Å². The number of anilines is 6. The lowest BCUT2D eigenvalue weighted by molar-refractivity contribution is 0.660. The zero-order chi connectivity index (χ0) is 42.8. The second-order valence-corrected chi connectivity index (χ2v) is 17.5. The topological polar surface area (TPSA) is 22.3 Å². The second kappa shape index (κ2) is 15.0. The Balaban J connectivity index is 1.02. The molecular weight excluding hydrogens is 775 g/mol. The molecule has 0 unspecified atom stereocenters. The zero-order valence-corrected chi connectivity index (χ0v) is 35.8. The third-order valence-corrected chi connectivity index (χ3v) is 13.3. The highest BCUT2D eigenvalue weighted by atomic mass is 15.1. The van der Waals surface area contributed by atoms with Gasteiger partial charge in [-0.3, -0.25) is 0 Å². The summed E-state index contributed by atoms with van der Waals surface area (Å²) >= 11 is 0. The molecule has 3 heteroatoms. The average molecular weight is 820 g/mol. The van der Waals surface area contributed by atoms with Gasteiger partial charge in [-0.1, -0.05) is 159 Å². The van der Waals surface area contributed by atoms with Crippen LogP contribution in [0.15, 0.2) is 231 Å². The van der Waals surface area contributed by atoms with Gasteiger partial charge in [0.05, 0.1) is 5.52 Å². The van der Waals surface area contributed by atoms with Crippen LogP contribution in [0.4, 0.5) is 34.1 Å². The first-order valence-corrected chi connectivity index (χ1v) is 22.2. The van der Waals surface area contributed by atoms with Crippen molar-refractivity contribution in [3.05, 3.63) is 242 Å². The Morgan fingerprint density at radius 3 is 1.58 bits per heavy atom. The Labute approximate surface area is 374 Å². The first-order valence-electron chi connectivity index (χ1n) is 22.2. The summed E-state index contributed by atoms with van der Waals surface area (Å²) in [6.45, 7) is 4.77. The lowest BCUT2D eigenvalue weighted by Gasteiger charge is -2.28. The Morgan fingerprint density at radius 2 is 0.844 bits per heavy atom. The summed E-state index contributed by atoms with van der Waals surface area (Å²) in [5.41, 5.74) is 18.8. The Kier molecular flexibility index (Phi) is 8.84. The van der Waals surface area contributed by atoms with E-state index in [0.29, 0.717) is 0 Å². The number of aromatic nitrogens is 1. The third-order valence-electron chi connectivity index (χ3n) is 13.3. The van der Waals surface area contributed by atoms with E-state index >= 15 is 0 Å². The van der Waals surface area contributed by atoms with E-state index in [0.717, 1.165) is 45.2 Å². The fourth-order valence-corrected chi connectivity index (χ4v) is 10.1. The minimum atomic E-state index is -0.245. The summed E-state index contributed by atoms with van der Waals surface area (Å²) in [5.74, 6) is 0. The van der Waals surface area contributed by atoms with Crippen LogP contribution in [0.2, 0.25) is 0 Å². The molecule has 10 aromatic carbocycles. The Morgan fingerprint density at radius 1 is 0.328 bits per heavy atom. The fourth-order valence-electron chi connectivity index (χ4n) is 10.1. The van der Waals surface area contributed by atoms with Crippen molar-refractivity contribution in [2.75, 3.05) is 9.80 Å². The summed E-state index contributed by atoms with van der Waals surface area (Å²) in [7, 11) is 0. The predicted octanol–water partition coefficient (Wildman–Crippen LogP) is 17.1. The van der Waals surface area contributed by atoms with Gasteiger partial charge in [0.1, 0.15) is 0 Å². The summed E-state index contributed by atoms with van der Waals surface area (Å²) in [4.78, 5) is 8.66. The SMILES string of the molecule is CC1(C)c2cc(-c3cc(N(c4ccc(-c5ccccc5)cc4)c4ccc5ccccc5c4)cc4c3[nH]c3ccccc34)ccc2-c2ccc(N(c3ccccc3)c3ccccc3)cc21. The molecule has 0 spiro atoms. The van der Waals surface area contributed by atoms with Gasteiger partial charge >= 0.3 is 0 Å². The van der Waals surface area contributed by atoms with Crippen molar-refractivity contribution in [1.29, 1.82) is 0 Å². The molecule has 11 aromatic rings. The van der Waals surface area contributed by atoms with Crippen LogP contribution in [0, 0.1) is 0 Å². The third kappa shape index (κ3) is 6.28. The highest BCUT2D eigenvalue weighted by Crippen LogP contribution is 2.52. The van der Waals surface area contributed by atoms with Crippen molar-refractivity contribution in [3.63, 3.8) is 0 Å². The number of rotatable bonds is 8. The van der Waals surface area contributed by atoms with Crippen molar-refractivity contribution in [2.24, 2.45) is 0 Å². The van der Waals surface area contributed by atoms with Crippen LogP contribution in [0.3, 0.4) is 0 Å². The quantitative estimate of drug-likeness (QED) is 0.165. The number of H-pyrrole nitrogens is 1. The number of para-hydroxylation sites is 3. The zero-order valence-electron chi connectivity index (χ0n) is 35.8. The van der Waals surface area contributed by atoms with Crippen LogP contribution in [0.25, 0.3) is 66.0 Å². The van der Waals surface area contributed by atoms with Gasteiger partial charge in [0.25, 0.3) is 0 Å². The van der Waals surface area contributed by atoms with Crippen LogP contribution in [0.1, 0.15) is 25.0 Å². The Hall–Kier alpha value is -8.14. The minimum Gasteiger partial charge on any atom is -0.354 e. The first kappa shape index (κ1) is 37.6. The summed E-state index contributed by atoms with van der Waals surface area (Å²) < 4.78 is 0.